The number of hydrogen-bond acceptors (Lipinski definition) is 6. The van der Waals surface area contributed by atoms with E-state index >= 15 is 0 Å². The van der Waals surface area contributed by atoms with Crippen LogP contribution in [0.2, 0.25) is 0 Å². The lowest BCUT2D eigenvalue weighted by Crippen LogP contribution is -2.48. The van der Waals surface area contributed by atoms with Crippen molar-refractivity contribution in [3.05, 3.63) is 58.0 Å². The van der Waals surface area contributed by atoms with Crippen LogP contribution >= 0.6 is 0 Å². The summed E-state index contributed by atoms with van der Waals surface area (Å²) in [4.78, 5) is 49.5. The molecule has 2 aromatic rings. The number of ether oxygens (including phenoxy) is 1. The molecular weight excluding hydrogens is 490 g/mol. The molecular formula is C23H25F4N3O6. The highest BCUT2D eigenvalue weighted by atomic mass is 19.2. The highest BCUT2D eigenvalue weighted by Gasteiger charge is 2.29. The van der Waals surface area contributed by atoms with Gasteiger partial charge in [-0.25, -0.2) is 8.78 Å². The third-order valence-corrected chi connectivity index (χ3v) is 5.08. The molecule has 0 aliphatic rings. The summed E-state index contributed by atoms with van der Waals surface area (Å²) in [5.41, 5.74) is -0.278. The lowest BCUT2D eigenvalue weighted by molar-refractivity contribution is -0.140. The van der Waals surface area contributed by atoms with Crippen molar-refractivity contribution in [2.75, 3.05) is 18.5 Å². The van der Waals surface area contributed by atoms with Crippen molar-refractivity contribution in [2.45, 2.75) is 45.2 Å². The number of pyridine rings is 1. The van der Waals surface area contributed by atoms with E-state index in [9.17, 15) is 36.7 Å². The van der Waals surface area contributed by atoms with Gasteiger partial charge in [0.25, 0.3) is 5.56 Å². The average molecular weight is 515 g/mol. The molecule has 0 saturated carbocycles. The molecule has 36 heavy (non-hydrogen) atoms. The predicted octanol–water partition coefficient (Wildman–Crippen LogP) is 2.79. The molecule has 0 aliphatic heterocycles. The van der Waals surface area contributed by atoms with E-state index in [1.807, 2.05) is 6.92 Å². The van der Waals surface area contributed by atoms with Gasteiger partial charge in [-0.15, -0.1) is 0 Å². The molecule has 1 heterocycles. The maximum absolute atomic E-state index is 13.8. The first-order valence-electron chi connectivity index (χ1n) is 11.0. The fraction of sp³-hybridized carbons (Fsp3) is 0.391. The molecule has 0 saturated heterocycles. The van der Waals surface area contributed by atoms with Crippen LogP contribution in [0.15, 0.2) is 29.2 Å². The number of carboxylic acids is 1. The van der Waals surface area contributed by atoms with Gasteiger partial charge in [-0.05, 0) is 25.0 Å². The quantitative estimate of drug-likeness (QED) is 0.277. The van der Waals surface area contributed by atoms with E-state index in [2.05, 4.69) is 15.4 Å². The van der Waals surface area contributed by atoms with Gasteiger partial charge in [-0.1, -0.05) is 13.8 Å². The number of carbonyl (C=O) groups excluding carboxylic acids is 2. The van der Waals surface area contributed by atoms with Crippen LogP contribution in [-0.2, 0) is 14.4 Å². The van der Waals surface area contributed by atoms with Crippen LogP contribution < -0.4 is 20.9 Å². The van der Waals surface area contributed by atoms with Crippen LogP contribution in [0.5, 0.6) is 5.75 Å². The van der Waals surface area contributed by atoms with E-state index in [-0.39, 0.29) is 18.2 Å². The zero-order valence-corrected chi connectivity index (χ0v) is 19.4. The maximum atomic E-state index is 13.8. The number of halogens is 4. The molecule has 0 radical (unpaired) electrons. The van der Waals surface area contributed by atoms with Crippen molar-refractivity contribution in [3.63, 3.8) is 0 Å². The number of aliphatic carboxylic acids is 1. The number of hydrogen-bond donors (Lipinski definition) is 3. The first-order valence-corrected chi connectivity index (χ1v) is 11.0. The molecule has 196 valence electrons. The molecule has 3 N–H and O–H groups in total. The number of ketones is 1. The second kappa shape index (κ2) is 12.7. The highest BCUT2D eigenvalue weighted by Crippen LogP contribution is 2.26. The van der Waals surface area contributed by atoms with Gasteiger partial charge in [0.2, 0.25) is 17.5 Å². The smallest absolute Gasteiger partial charge is 0.305 e. The Morgan fingerprint density at radius 2 is 1.75 bits per heavy atom. The second-order valence-corrected chi connectivity index (χ2v) is 7.70. The van der Waals surface area contributed by atoms with E-state index in [0.29, 0.717) is 6.54 Å². The number of rotatable bonds is 13. The summed E-state index contributed by atoms with van der Waals surface area (Å²) < 4.78 is 60.0. The van der Waals surface area contributed by atoms with Crippen molar-refractivity contribution in [3.8, 4) is 5.75 Å². The molecule has 0 spiro atoms. The standard InChI is InChI=1S/C23H25F4N3O6/c1-3-7-28-14-6-5-8-30(23(14)35)16(4-2)22(34)29-15(10-18(32)33)17(31)11-36-21-19(26)12(24)9-13(25)20(21)27/h5-6,8-9,15-16,28H,3-4,7,10-11H2,1-2H3,(H,29,34)(H,32,33)/t15?,16-/m0/s1. The number of carboxylic acid groups (broad SMARTS) is 1. The number of aromatic nitrogens is 1. The molecule has 9 nitrogen and oxygen atoms in total. The summed E-state index contributed by atoms with van der Waals surface area (Å²) in [6, 6.07) is 0.154. The van der Waals surface area contributed by atoms with Gasteiger partial charge in [0.1, 0.15) is 24.4 Å². The number of nitrogens with one attached hydrogen (secondary N) is 2. The zero-order valence-electron chi connectivity index (χ0n) is 19.4. The minimum atomic E-state index is -1.89. The Bertz CT molecular complexity index is 1160. The van der Waals surface area contributed by atoms with Crippen LogP contribution in [-0.4, -0.2) is 46.5 Å². The number of nitrogens with zero attached hydrogens (tertiary/aromatic N) is 1. The lowest BCUT2D eigenvalue weighted by atomic mass is 10.1. The number of anilines is 1. The summed E-state index contributed by atoms with van der Waals surface area (Å²) in [5.74, 6) is -12.3. The van der Waals surface area contributed by atoms with Crippen LogP contribution in [0.25, 0.3) is 0 Å². The number of Topliss-reactive ketones (excluding diaryl/α,β-unsaturated/α-hetero) is 1. The highest BCUT2D eigenvalue weighted by molar-refractivity contribution is 5.93. The summed E-state index contributed by atoms with van der Waals surface area (Å²) in [5, 5.41) is 14.3. The number of carbonyl (C=O) groups is 3. The van der Waals surface area contributed by atoms with Crippen molar-refractivity contribution in [2.24, 2.45) is 0 Å². The normalized spacial score (nSPS) is 12.5. The lowest BCUT2D eigenvalue weighted by Gasteiger charge is -2.22. The fourth-order valence-electron chi connectivity index (χ4n) is 3.27. The molecule has 1 aromatic carbocycles. The second-order valence-electron chi connectivity index (χ2n) is 7.70. The SMILES string of the molecule is CCCNc1cccn([C@@H](CC)C(=O)NC(CC(=O)O)C(=O)COc2c(F)c(F)cc(F)c2F)c1=O. The maximum Gasteiger partial charge on any atom is 0.305 e. The first-order chi connectivity index (χ1) is 17.0. The third-order valence-electron chi connectivity index (χ3n) is 5.08. The van der Waals surface area contributed by atoms with Crippen LogP contribution in [0.1, 0.15) is 39.2 Å². The van der Waals surface area contributed by atoms with Crippen molar-refractivity contribution >= 4 is 23.3 Å². The number of benzene rings is 1. The topological polar surface area (TPSA) is 127 Å². The van der Waals surface area contributed by atoms with E-state index in [1.165, 1.54) is 18.3 Å². The third kappa shape index (κ3) is 6.83. The van der Waals surface area contributed by atoms with Gasteiger partial charge < -0.3 is 25.0 Å². The first kappa shape index (κ1) is 28.3. The minimum Gasteiger partial charge on any atom is -0.481 e. The van der Waals surface area contributed by atoms with E-state index in [1.54, 1.807) is 6.92 Å². The van der Waals surface area contributed by atoms with E-state index < -0.39 is 77.3 Å². The van der Waals surface area contributed by atoms with Gasteiger partial charge in [0.05, 0.1) is 6.42 Å². The van der Waals surface area contributed by atoms with E-state index in [0.717, 1.165) is 11.0 Å². The van der Waals surface area contributed by atoms with Gasteiger partial charge in [0.15, 0.2) is 23.2 Å². The Morgan fingerprint density at radius 1 is 1.11 bits per heavy atom. The predicted molar refractivity (Wildman–Crippen MR) is 120 cm³/mol. The molecule has 2 atom stereocenters. The Labute approximate surface area is 203 Å². The summed E-state index contributed by atoms with van der Waals surface area (Å²) in [7, 11) is 0. The average Bonchev–Trinajstić information content (AvgIpc) is 2.82. The molecule has 0 fully saturated rings. The fourth-order valence-corrected chi connectivity index (χ4v) is 3.27. The van der Waals surface area contributed by atoms with E-state index in [4.69, 9.17) is 5.11 Å². The summed E-state index contributed by atoms with van der Waals surface area (Å²) >= 11 is 0. The van der Waals surface area contributed by atoms with Crippen LogP contribution in [0, 0.1) is 23.3 Å². The van der Waals surface area contributed by atoms with Gasteiger partial charge in [0, 0.05) is 18.8 Å². The largest absolute Gasteiger partial charge is 0.481 e. The molecule has 2 rings (SSSR count). The molecule has 1 unspecified atom stereocenters. The Morgan fingerprint density at radius 3 is 2.31 bits per heavy atom. The molecule has 1 aromatic heterocycles. The number of amides is 1. The van der Waals surface area contributed by atoms with Crippen LogP contribution in [0.4, 0.5) is 23.2 Å². The summed E-state index contributed by atoms with van der Waals surface area (Å²) in [6.45, 7) is 2.79. The minimum absolute atomic E-state index is 0.0492. The molecule has 1 amide bonds. The van der Waals surface area contributed by atoms with Gasteiger partial charge in [-0.2, -0.15) is 8.78 Å². The molecule has 0 bridgehead atoms. The monoisotopic (exact) mass is 515 g/mol. The Kier molecular flexibility index (Phi) is 10.00. The van der Waals surface area contributed by atoms with Crippen LogP contribution in [0.3, 0.4) is 0 Å². The van der Waals surface area contributed by atoms with Gasteiger partial charge in [-0.3, -0.25) is 19.2 Å². The Hall–Kier alpha value is -3.90. The molecule has 13 heteroatoms. The Balaban J connectivity index is 2.23. The molecule has 0 aliphatic carbocycles. The summed E-state index contributed by atoms with van der Waals surface area (Å²) in [6.07, 6.45) is 1.25. The van der Waals surface area contributed by atoms with Crippen molar-refractivity contribution < 1.29 is 41.8 Å². The zero-order chi connectivity index (χ0) is 27.0. The van der Waals surface area contributed by atoms with Crippen molar-refractivity contribution in [1.82, 2.24) is 9.88 Å². The van der Waals surface area contributed by atoms with Gasteiger partial charge >= 0.3 is 5.97 Å². The van der Waals surface area contributed by atoms with Crippen molar-refractivity contribution in [1.29, 1.82) is 0 Å².